The normalized spacial score (nSPS) is 14.1. The Morgan fingerprint density at radius 2 is 1.78 bits per heavy atom. The van der Waals surface area contributed by atoms with E-state index in [0.29, 0.717) is 41.8 Å². The predicted octanol–water partition coefficient (Wildman–Crippen LogP) is 4.19. The van der Waals surface area contributed by atoms with E-state index in [4.69, 9.17) is 14.6 Å². The summed E-state index contributed by atoms with van der Waals surface area (Å²) >= 11 is 0. The van der Waals surface area contributed by atoms with Crippen LogP contribution < -0.4 is 9.47 Å². The molecule has 1 saturated heterocycles. The molecular weight excluding hydrogens is 456 g/mol. The maximum Gasteiger partial charge on any atom is 0.257 e. The summed E-state index contributed by atoms with van der Waals surface area (Å²) < 4.78 is 14.7. The molecular formula is C27H30N6O3. The molecule has 0 bridgehead atoms. The van der Waals surface area contributed by atoms with E-state index >= 15 is 0 Å². The number of hydrogen-bond donors (Lipinski definition) is 0. The number of ether oxygens (including phenoxy) is 2. The second-order valence-corrected chi connectivity index (χ2v) is 8.78. The van der Waals surface area contributed by atoms with Gasteiger partial charge in [-0.15, -0.1) is 10.2 Å². The highest BCUT2D eigenvalue weighted by Crippen LogP contribution is 2.34. The SMILES string of the molecule is CCn1cnnc1C1CCN(C(=O)c2cn(-c3ccccc3)nc2-c2ccc(OC)c(OC)c2)CC1. The number of hydrogen-bond acceptors (Lipinski definition) is 6. The van der Waals surface area contributed by atoms with Crippen molar-refractivity contribution < 1.29 is 14.3 Å². The van der Waals surface area contributed by atoms with Gasteiger partial charge in [-0.3, -0.25) is 4.79 Å². The number of rotatable bonds is 7. The summed E-state index contributed by atoms with van der Waals surface area (Å²) in [6.45, 7) is 4.24. The third-order valence-electron chi connectivity index (χ3n) is 6.76. The number of likely N-dealkylation sites (tertiary alicyclic amines) is 1. The lowest BCUT2D eigenvalue weighted by molar-refractivity contribution is 0.0711. The number of carbonyl (C=O) groups is 1. The molecule has 1 aliphatic rings. The van der Waals surface area contributed by atoms with Gasteiger partial charge in [0.15, 0.2) is 11.5 Å². The number of aryl methyl sites for hydroxylation is 1. The molecule has 0 unspecified atom stereocenters. The number of methoxy groups -OCH3 is 2. The molecule has 1 aliphatic heterocycles. The minimum atomic E-state index is -0.0302. The first-order chi connectivity index (χ1) is 17.6. The average molecular weight is 487 g/mol. The van der Waals surface area contributed by atoms with Gasteiger partial charge in [0.05, 0.1) is 25.5 Å². The molecule has 2 aromatic heterocycles. The van der Waals surface area contributed by atoms with Crippen molar-refractivity contribution in [1.29, 1.82) is 0 Å². The van der Waals surface area contributed by atoms with E-state index < -0.39 is 0 Å². The Bertz CT molecular complexity index is 1340. The molecule has 9 nitrogen and oxygen atoms in total. The van der Waals surface area contributed by atoms with Crippen molar-refractivity contribution >= 4 is 5.91 Å². The van der Waals surface area contributed by atoms with E-state index in [1.54, 1.807) is 25.2 Å². The fourth-order valence-electron chi connectivity index (χ4n) is 4.77. The third-order valence-corrected chi connectivity index (χ3v) is 6.76. The fourth-order valence-corrected chi connectivity index (χ4v) is 4.77. The van der Waals surface area contributed by atoms with Gasteiger partial charge >= 0.3 is 0 Å². The predicted molar refractivity (Wildman–Crippen MR) is 136 cm³/mol. The summed E-state index contributed by atoms with van der Waals surface area (Å²) in [5.74, 6) is 2.49. The lowest BCUT2D eigenvalue weighted by Crippen LogP contribution is -2.38. The number of aromatic nitrogens is 5. The van der Waals surface area contributed by atoms with E-state index in [0.717, 1.165) is 36.5 Å². The van der Waals surface area contributed by atoms with Crippen molar-refractivity contribution in [3.05, 3.63) is 72.4 Å². The average Bonchev–Trinajstić information content (AvgIpc) is 3.60. The topological polar surface area (TPSA) is 87.3 Å². The maximum absolute atomic E-state index is 13.8. The minimum absolute atomic E-state index is 0.0302. The van der Waals surface area contributed by atoms with Crippen LogP contribution in [0.5, 0.6) is 11.5 Å². The van der Waals surface area contributed by atoms with Gasteiger partial charge in [-0.05, 0) is 50.1 Å². The fraction of sp³-hybridized carbons (Fsp3) is 0.333. The van der Waals surface area contributed by atoms with E-state index in [9.17, 15) is 4.79 Å². The summed E-state index contributed by atoms with van der Waals surface area (Å²) in [5, 5.41) is 13.2. The smallest absolute Gasteiger partial charge is 0.257 e. The highest BCUT2D eigenvalue weighted by atomic mass is 16.5. The van der Waals surface area contributed by atoms with Crippen LogP contribution in [-0.2, 0) is 6.54 Å². The second-order valence-electron chi connectivity index (χ2n) is 8.78. The number of benzene rings is 2. The van der Waals surface area contributed by atoms with Crippen LogP contribution in [0.25, 0.3) is 16.9 Å². The zero-order valence-corrected chi connectivity index (χ0v) is 20.8. The van der Waals surface area contributed by atoms with Gasteiger partial charge in [-0.1, -0.05) is 18.2 Å². The summed E-state index contributed by atoms with van der Waals surface area (Å²) in [4.78, 5) is 15.7. The lowest BCUT2D eigenvalue weighted by atomic mass is 9.95. The van der Waals surface area contributed by atoms with Gasteiger partial charge < -0.3 is 18.9 Å². The molecule has 5 rings (SSSR count). The second kappa shape index (κ2) is 10.2. The summed E-state index contributed by atoms with van der Waals surface area (Å²) in [5.41, 5.74) is 2.84. The van der Waals surface area contributed by atoms with Gasteiger partial charge in [0, 0.05) is 37.3 Å². The zero-order chi connectivity index (χ0) is 25.1. The monoisotopic (exact) mass is 486 g/mol. The van der Waals surface area contributed by atoms with Crippen molar-refractivity contribution in [3.63, 3.8) is 0 Å². The first-order valence-corrected chi connectivity index (χ1v) is 12.2. The molecule has 2 aromatic carbocycles. The van der Waals surface area contributed by atoms with Gasteiger partial charge in [0.2, 0.25) is 0 Å². The molecule has 0 N–H and O–H groups in total. The van der Waals surface area contributed by atoms with E-state index in [-0.39, 0.29) is 5.91 Å². The van der Waals surface area contributed by atoms with Crippen molar-refractivity contribution in [2.45, 2.75) is 32.2 Å². The van der Waals surface area contributed by atoms with Gasteiger partial charge in [0.25, 0.3) is 5.91 Å². The molecule has 186 valence electrons. The summed E-state index contributed by atoms with van der Waals surface area (Å²) in [7, 11) is 3.20. The first-order valence-electron chi connectivity index (χ1n) is 12.2. The van der Waals surface area contributed by atoms with Crippen LogP contribution >= 0.6 is 0 Å². The first kappa shape index (κ1) is 23.6. The number of piperidine rings is 1. The largest absolute Gasteiger partial charge is 0.493 e. The van der Waals surface area contributed by atoms with Crippen molar-refractivity contribution in [1.82, 2.24) is 29.4 Å². The number of amides is 1. The van der Waals surface area contributed by atoms with E-state index in [2.05, 4.69) is 21.7 Å². The minimum Gasteiger partial charge on any atom is -0.493 e. The van der Waals surface area contributed by atoms with Crippen molar-refractivity contribution in [2.24, 2.45) is 0 Å². The molecule has 0 spiro atoms. The molecule has 9 heteroatoms. The Labute approximate surface area is 210 Å². The third kappa shape index (κ3) is 4.44. The van der Waals surface area contributed by atoms with E-state index in [1.807, 2.05) is 59.6 Å². The molecule has 36 heavy (non-hydrogen) atoms. The Balaban J connectivity index is 1.46. The lowest BCUT2D eigenvalue weighted by Gasteiger charge is -2.31. The molecule has 1 fully saturated rings. The summed E-state index contributed by atoms with van der Waals surface area (Å²) in [6.07, 6.45) is 5.30. The molecule has 0 saturated carbocycles. The Morgan fingerprint density at radius 1 is 1.03 bits per heavy atom. The van der Waals surface area contributed by atoms with Crippen molar-refractivity contribution in [3.8, 4) is 28.4 Å². The standard InChI is InChI=1S/C27H30N6O3/c1-4-31-18-28-29-26(31)19-12-14-32(15-13-19)27(34)22-17-33(21-8-6-5-7-9-21)30-25(22)20-10-11-23(35-2)24(16-20)36-3/h5-11,16-19H,4,12-15H2,1-3H3. The van der Waals surface area contributed by atoms with Gasteiger partial charge in [-0.25, -0.2) is 4.68 Å². The van der Waals surface area contributed by atoms with Crippen LogP contribution in [0.2, 0.25) is 0 Å². The van der Waals surface area contributed by atoms with E-state index in [1.165, 1.54) is 0 Å². The molecule has 0 aliphatic carbocycles. The number of para-hydroxylation sites is 1. The Kier molecular flexibility index (Phi) is 6.71. The zero-order valence-electron chi connectivity index (χ0n) is 20.8. The highest BCUT2D eigenvalue weighted by molar-refractivity contribution is 6.00. The van der Waals surface area contributed by atoms with Crippen molar-refractivity contribution in [2.75, 3.05) is 27.3 Å². The van der Waals surface area contributed by atoms with Crippen LogP contribution in [0, 0.1) is 0 Å². The molecule has 1 amide bonds. The molecule has 3 heterocycles. The van der Waals surface area contributed by atoms with Crippen LogP contribution in [0.4, 0.5) is 0 Å². The number of carbonyl (C=O) groups excluding carboxylic acids is 1. The van der Waals surface area contributed by atoms with Crippen LogP contribution in [0.1, 0.15) is 41.9 Å². The van der Waals surface area contributed by atoms with Gasteiger partial charge in [0.1, 0.15) is 17.8 Å². The summed E-state index contributed by atoms with van der Waals surface area (Å²) in [6, 6.07) is 15.4. The molecule has 0 atom stereocenters. The quantitative estimate of drug-likeness (QED) is 0.389. The van der Waals surface area contributed by atoms with Crippen LogP contribution in [0.3, 0.4) is 0 Å². The van der Waals surface area contributed by atoms with Gasteiger partial charge in [-0.2, -0.15) is 5.10 Å². The van der Waals surface area contributed by atoms with Crippen LogP contribution in [-0.4, -0.2) is 62.7 Å². The highest BCUT2D eigenvalue weighted by Gasteiger charge is 2.30. The van der Waals surface area contributed by atoms with Crippen LogP contribution in [0.15, 0.2) is 61.1 Å². The Morgan fingerprint density at radius 3 is 2.47 bits per heavy atom. The molecule has 0 radical (unpaired) electrons. The Hall–Kier alpha value is -4.14. The molecule has 4 aromatic rings. The number of nitrogens with zero attached hydrogens (tertiary/aromatic N) is 6. The maximum atomic E-state index is 13.8.